The summed E-state index contributed by atoms with van der Waals surface area (Å²) in [5.41, 5.74) is 1.21. The van der Waals surface area contributed by atoms with Gasteiger partial charge >= 0.3 is 0 Å². The predicted octanol–water partition coefficient (Wildman–Crippen LogP) is 3.59. The Kier molecular flexibility index (Phi) is 2.85. The Balaban J connectivity index is 2.82. The van der Waals surface area contributed by atoms with Crippen LogP contribution in [0.3, 0.4) is 0 Å². The first kappa shape index (κ1) is 9.24. The van der Waals surface area contributed by atoms with E-state index in [1.165, 1.54) is 17.7 Å². The first-order valence-corrected chi connectivity index (χ1v) is 4.36. The molecule has 1 aromatic rings. The Morgan fingerprint density at radius 2 is 1.50 bits per heavy atom. The summed E-state index contributed by atoms with van der Waals surface area (Å²) in [4.78, 5) is 0. The Morgan fingerprint density at radius 1 is 1.00 bits per heavy atom. The molecule has 0 spiro atoms. The number of benzene rings is 1. The van der Waals surface area contributed by atoms with Crippen LogP contribution in [0.5, 0.6) is 0 Å². The number of hydrogen-bond acceptors (Lipinski definition) is 0. The van der Waals surface area contributed by atoms with Gasteiger partial charge in [0.25, 0.3) is 0 Å². The fourth-order valence-corrected chi connectivity index (χ4v) is 1.15. The third-order valence-corrected chi connectivity index (χ3v) is 2.40. The molecule has 0 saturated carbocycles. The Hall–Kier alpha value is -0.850. The summed E-state index contributed by atoms with van der Waals surface area (Å²) in [5, 5.41) is 0. The van der Waals surface area contributed by atoms with E-state index in [1.54, 1.807) is 0 Å². The lowest BCUT2D eigenvalue weighted by atomic mass is 9.90. The predicted molar refractivity (Wildman–Crippen MR) is 49.7 cm³/mol. The fourth-order valence-electron chi connectivity index (χ4n) is 1.15. The van der Waals surface area contributed by atoms with Crippen LogP contribution >= 0.6 is 0 Å². The molecule has 0 radical (unpaired) electrons. The highest BCUT2D eigenvalue weighted by Crippen LogP contribution is 2.23. The highest BCUT2D eigenvalue weighted by atomic mass is 19.1. The summed E-state index contributed by atoms with van der Waals surface area (Å²) in [6.07, 6.45) is 0. The van der Waals surface area contributed by atoms with Crippen molar-refractivity contribution in [1.29, 1.82) is 0 Å². The van der Waals surface area contributed by atoms with Gasteiger partial charge in [0, 0.05) is 0 Å². The molecule has 0 saturated heterocycles. The summed E-state index contributed by atoms with van der Waals surface area (Å²) < 4.78 is 12.6. The van der Waals surface area contributed by atoms with Crippen molar-refractivity contribution < 1.29 is 4.39 Å². The summed E-state index contributed by atoms with van der Waals surface area (Å²) in [6, 6.07) is 6.77. The van der Waals surface area contributed by atoms with Crippen molar-refractivity contribution in [2.24, 2.45) is 5.92 Å². The fraction of sp³-hybridized carbons (Fsp3) is 0.455. The normalized spacial score (nSPS) is 13.4. The molecular weight excluding hydrogens is 151 g/mol. The van der Waals surface area contributed by atoms with Gasteiger partial charge in [0.15, 0.2) is 0 Å². The zero-order valence-electron chi connectivity index (χ0n) is 7.84. The second-order valence-corrected chi connectivity index (χ2v) is 3.58. The first-order chi connectivity index (χ1) is 5.61. The molecule has 1 aromatic carbocycles. The van der Waals surface area contributed by atoms with Crippen LogP contribution in [0.25, 0.3) is 0 Å². The standard InChI is InChI=1S/C11H15F/c1-8(2)9(3)10-4-6-11(12)7-5-10/h4-9H,1-3H3/t9-/m1/s1. The van der Waals surface area contributed by atoms with E-state index in [0.29, 0.717) is 11.8 Å². The van der Waals surface area contributed by atoms with Crippen molar-refractivity contribution in [1.82, 2.24) is 0 Å². The van der Waals surface area contributed by atoms with Gasteiger partial charge in [0.1, 0.15) is 5.82 Å². The molecule has 0 aromatic heterocycles. The average molecular weight is 166 g/mol. The van der Waals surface area contributed by atoms with Gasteiger partial charge in [-0.05, 0) is 29.5 Å². The van der Waals surface area contributed by atoms with Crippen LogP contribution in [-0.2, 0) is 0 Å². The van der Waals surface area contributed by atoms with Crippen molar-refractivity contribution >= 4 is 0 Å². The number of hydrogen-bond donors (Lipinski definition) is 0. The van der Waals surface area contributed by atoms with Crippen molar-refractivity contribution in [3.63, 3.8) is 0 Å². The zero-order valence-corrected chi connectivity index (χ0v) is 7.84. The quantitative estimate of drug-likeness (QED) is 0.630. The molecule has 0 N–H and O–H groups in total. The maximum absolute atomic E-state index is 12.6. The zero-order chi connectivity index (χ0) is 9.14. The molecule has 0 aliphatic heterocycles. The molecule has 1 atom stereocenters. The number of halogens is 1. The van der Waals surface area contributed by atoms with E-state index >= 15 is 0 Å². The molecule has 0 nitrogen and oxygen atoms in total. The van der Waals surface area contributed by atoms with Gasteiger partial charge in [0.2, 0.25) is 0 Å². The van der Waals surface area contributed by atoms with E-state index in [4.69, 9.17) is 0 Å². The summed E-state index contributed by atoms with van der Waals surface area (Å²) in [5.74, 6) is 0.954. The highest BCUT2D eigenvalue weighted by Gasteiger charge is 2.08. The second-order valence-electron chi connectivity index (χ2n) is 3.58. The molecular formula is C11H15F. The third kappa shape index (κ3) is 2.07. The summed E-state index contributed by atoms with van der Waals surface area (Å²) >= 11 is 0. The van der Waals surface area contributed by atoms with Gasteiger partial charge in [-0.3, -0.25) is 0 Å². The third-order valence-electron chi connectivity index (χ3n) is 2.40. The van der Waals surface area contributed by atoms with Gasteiger partial charge in [-0.2, -0.15) is 0 Å². The molecule has 66 valence electrons. The van der Waals surface area contributed by atoms with Crippen LogP contribution in [0.1, 0.15) is 32.3 Å². The summed E-state index contributed by atoms with van der Waals surface area (Å²) in [7, 11) is 0. The molecule has 0 amide bonds. The first-order valence-electron chi connectivity index (χ1n) is 4.36. The van der Waals surface area contributed by atoms with E-state index < -0.39 is 0 Å². The van der Waals surface area contributed by atoms with Gasteiger partial charge in [0.05, 0.1) is 0 Å². The molecule has 1 rings (SSSR count). The van der Waals surface area contributed by atoms with E-state index in [0.717, 1.165) is 0 Å². The Labute approximate surface area is 73.4 Å². The minimum absolute atomic E-state index is 0.158. The lowest BCUT2D eigenvalue weighted by molar-refractivity contribution is 0.533. The Morgan fingerprint density at radius 3 is 1.92 bits per heavy atom. The van der Waals surface area contributed by atoms with E-state index in [1.807, 2.05) is 12.1 Å². The molecule has 0 aliphatic carbocycles. The summed E-state index contributed by atoms with van der Waals surface area (Å²) in [6.45, 7) is 6.51. The molecule has 1 heteroatoms. The number of rotatable bonds is 2. The van der Waals surface area contributed by atoms with Gasteiger partial charge in [-0.1, -0.05) is 32.9 Å². The van der Waals surface area contributed by atoms with Crippen LogP contribution in [0.4, 0.5) is 4.39 Å². The van der Waals surface area contributed by atoms with E-state index in [-0.39, 0.29) is 5.82 Å². The lowest BCUT2D eigenvalue weighted by Crippen LogP contribution is -2.01. The lowest BCUT2D eigenvalue weighted by Gasteiger charge is -2.15. The molecule has 0 unspecified atom stereocenters. The maximum Gasteiger partial charge on any atom is 0.123 e. The minimum atomic E-state index is -0.158. The maximum atomic E-state index is 12.6. The van der Waals surface area contributed by atoms with Crippen molar-refractivity contribution in [3.05, 3.63) is 35.6 Å². The van der Waals surface area contributed by atoms with Gasteiger partial charge in [-0.25, -0.2) is 4.39 Å². The van der Waals surface area contributed by atoms with Crippen LogP contribution < -0.4 is 0 Å². The van der Waals surface area contributed by atoms with E-state index in [9.17, 15) is 4.39 Å². The van der Waals surface area contributed by atoms with Gasteiger partial charge in [-0.15, -0.1) is 0 Å². The smallest absolute Gasteiger partial charge is 0.123 e. The van der Waals surface area contributed by atoms with Crippen LogP contribution in [0.2, 0.25) is 0 Å². The highest BCUT2D eigenvalue weighted by molar-refractivity contribution is 5.20. The average Bonchev–Trinajstić information content (AvgIpc) is 2.04. The topological polar surface area (TPSA) is 0 Å². The molecule has 0 bridgehead atoms. The molecule has 0 fully saturated rings. The van der Waals surface area contributed by atoms with E-state index in [2.05, 4.69) is 20.8 Å². The SMILES string of the molecule is CC(C)[C@@H](C)c1ccc(F)cc1. The molecule has 0 heterocycles. The van der Waals surface area contributed by atoms with Crippen LogP contribution in [0, 0.1) is 11.7 Å². The second kappa shape index (κ2) is 3.70. The van der Waals surface area contributed by atoms with Crippen molar-refractivity contribution in [3.8, 4) is 0 Å². The molecule has 0 aliphatic rings. The van der Waals surface area contributed by atoms with Crippen molar-refractivity contribution in [2.45, 2.75) is 26.7 Å². The molecule has 12 heavy (non-hydrogen) atoms. The minimum Gasteiger partial charge on any atom is -0.207 e. The van der Waals surface area contributed by atoms with Crippen molar-refractivity contribution in [2.75, 3.05) is 0 Å². The van der Waals surface area contributed by atoms with Gasteiger partial charge < -0.3 is 0 Å². The van der Waals surface area contributed by atoms with Crippen LogP contribution in [-0.4, -0.2) is 0 Å². The Bertz CT molecular complexity index is 236. The largest absolute Gasteiger partial charge is 0.207 e. The van der Waals surface area contributed by atoms with Crippen LogP contribution in [0.15, 0.2) is 24.3 Å². The monoisotopic (exact) mass is 166 g/mol.